The van der Waals surface area contributed by atoms with Gasteiger partial charge in [-0.15, -0.1) is 0 Å². The third-order valence-electron chi connectivity index (χ3n) is 1.89. The number of hydrogen-bond acceptors (Lipinski definition) is 0. The summed E-state index contributed by atoms with van der Waals surface area (Å²) < 4.78 is 0. The van der Waals surface area contributed by atoms with Gasteiger partial charge in [-0.3, -0.25) is 0 Å². The molecule has 0 N–H and O–H groups in total. The van der Waals surface area contributed by atoms with E-state index in [0.717, 1.165) is 0 Å². The fraction of sp³-hybridized carbons (Fsp3) is 1.00. The summed E-state index contributed by atoms with van der Waals surface area (Å²) in [6.07, 6.45) is 2.59. The molecule has 1 aliphatic carbocycles. The van der Waals surface area contributed by atoms with Gasteiger partial charge in [-0.25, -0.2) is 0 Å². The molecular weight excluding hydrogens is 244 g/mol. The van der Waals surface area contributed by atoms with Crippen molar-refractivity contribution in [2.75, 3.05) is 0 Å². The van der Waals surface area contributed by atoms with Crippen molar-refractivity contribution in [1.29, 1.82) is 0 Å². The van der Waals surface area contributed by atoms with Gasteiger partial charge in [-0.05, 0) is 18.3 Å². The van der Waals surface area contributed by atoms with Gasteiger partial charge in [-0.2, -0.15) is 0 Å². The van der Waals surface area contributed by atoms with Gasteiger partial charge in [0.1, 0.15) is 0 Å². The maximum Gasteiger partial charge on any atom is 0.0276 e. The molecule has 0 unspecified atom stereocenters. The molecular formula is C7H12Br2. The van der Waals surface area contributed by atoms with E-state index in [1.54, 1.807) is 0 Å². The normalized spacial score (nSPS) is 41.3. The van der Waals surface area contributed by atoms with Crippen LogP contribution in [0.4, 0.5) is 0 Å². The molecule has 2 heteroatoms. The average molecular weight is 256 g/mol. The van der Waals surface area contributed by atoms with Crippen LogP contribution in [0.2, 0.25) is 0 Å². The maximum atomic E-state index is 3.63. The summed E-state index contributed by atoms with van der Waals surface area (Å²) in [7, 11) is 0. The molecule has 0 aromatic rings. The van der Waals surface area contributed by atoms with Crippen molar-refractivity contribution in [3.63, 3.8) is 0 Å². The Morgan fingerprint density at radius 1 is 1.11 bits per heavy atom. The molecule has 0 aromatic heterocycles. The number of rotatable bonds is 0. The highest BCUT2D eigenvalue weighted by molar-refractivity contribution is 9.12. The van der Waals surface area contributed by atoms with E-state index >= 15 is 0 Å². The Bertz CT molecular complexity index is 97.5. The minimum absolute atomic E-state index is 0.544. The quantitative estimate of drug-likeness (QED) is 0.583. The van der Waals surface area contributed by atoms with E-state index in [-0.39, 0.29) is 0 Å². The lowest BCUT2D eigenvalue weighted by atomic mass is 9.92. The van der Waals surface area contributed by atoms with Crippen molar-refractivity contribution in [2.24, 2.45) is 5.41 Å². The zero-order valence-electron chi connectivity index (χ0n) is 5.82. The van der Waals surface area contributed by atoms with E-state index in [4.69, 9.17) is 0 Å². The molecule has 0 nitrogen and oxygen atoms in total. The Morgan fingerprint density at radius 3 is 1.56 bits per heavy atom. The summed E-state index contributed by atoms with van der Waals surface area (Å²) >= 11 is 7.26. The van der Waals surface area contributed by atoms with Crippen molar-refractivity contribution < 1.29 is 0 Å². The molecule has 0 radical (unpaired) electrons. The predicted octanol–water partition coefficient (Wildman–Crippen LogP) is 3.33. The van der Waals surface area contributed by atoms with Crippen molar-refractivity contribution >= 4 is 31.9 Å². The summed E-state index contributed by atoms with van der Waals surface area (Å²) in [5, 5.41) is 0. The van der Waals surface area contributed by atoms with E-state index in [2.05, 4.69) is 45.7 Å². The highest BCUT2D eigenvalue weighted by Crippen LogP contribution is 2.43. The van der Waals surface area contributed by atoms with Gasteiger partial charge < -0.3 is 0 Å². The van der Waals surface area contributed by atoms with Crippen molar-refractivity contribution in [3.05, 3.63) is 0 Å². The summed E-state index contributed by atoms with van der Waals surface area (Å²) in [5.74, 6) is 0. The molecule has 1 aliphatic rings. The van der Waals surface area contributed by atoms with Crippen LogP contribution in [0, 0.1) is 5.41 Å². The monoisotopic (exact) mass is 254 g/mol. The zero-order chi connectivity index (χ0) is 7.07. The Hall–Kier alpha value is 0.960. The fourth-order valence-corrected chi connectivity index (χ4v) is 3.52. The average Bonchev–Trinajstić information content (AvgIpc) is 1.79. The molecule has 0 heterocycles. The van der Waals surface area contributed by atoms with Crippen LogP contribution in [0.1, 0.15) is 26.7 Å². The van der Waals surface area contributed by atoms with Gasteiger partial charge in [0.15, 0.2) is 0 Å². The lowest BCUT2D eigenvalue weighted by molar-refractivity contribution is 0.385. The first kappa shape index (κ1) is 8.06. The third kappa shape index (κ3) is 1.94. The molecule has 2 atom stereocenters. The summed E-state index contributed by atoms with van der Waals surface area (Å²) in [6, 6.07) is 0. The zero-order valence-corrected chi connectivity index (χ0v) is 9.00. The van der Waals surface area contributed by atoms with Crippen LogP contribution in [-0.4, -0.2) is 9.65 Å². The van der Waals surface area contributed by atoms with E-state index in [1.165, 1.54) is 12.8 Å². The highest BCUT2D eigenvalue weighted by atomic mass is 79.9. The third-order valence-corrected chi connectivity index (χ3v) is 4.52. The van der Waals surface area contributed by atoms with Crippen molar-refractivity contribution in [3.8, 4) is 0 Å². The summed E-state index contributed by atoms with van der Waals surface area (Å²) in [6.45, 7) is 4.64. The summed E-state index contributed by atoms with van der Waals surface area (Å²) in [4.78, 5) is 1.37. The Morgan fingerprint density at radius 2 is 1.44 bits per heavy atom. The van der Waals surface area contributed by atoms with Gasteiger partial charge in [0.05, 0.1) is 0 Å². The number of alkyl halides is 2. The van der Waals surface area contributed by atoms with Crippen molar-refractivity contribution in [2.45, 2.75) is 36.3 Å². The molecule has 1 fully saturated rings. The van der Waals surface area contributed by atoms with E-state index in [1.807, 2.05) is 0 Å². The van der Waals surface area contributed by atoms with Crippen LogP contribution in [0.5, 0.6) is 0 Å². The SMILES string of the molecule is CC1(C)C[C@H](Br)[C@@H](Br)C1. The van der Waals surface area contributed by atoms with E-state index in [0.29, 0.717) is 15.1 Å². The topological polar surface area (TPSA) is 0 Å². The van der Waals surface area contributed by atoms with Gasteiger partial charge in [-0.1, -0.05) is 45.7 Å². The molecule has 9 heavy (non-hydrogen) atoms. The standard InChI is InChI=1S/C7H12Br2/c1-7(2)3-5(8)6(9)4-7/h5-6H,3-4H2,1-2H3/t5-,6-/m0/s1. The molecule has 0 aromatic carbocycles. The second-order valence-electron chi connectivity index (χ2n) is 3.60. The smallest absolute Gasteiger partial charge is 0.0276 e. The van der Waals surface area contributed by atoms with Crippen LogP contribution in [-0.2, 0) is 0 Å². The Balaban J connectivity index is 2.54. The number of halogens is 2. The minimum atomic E-state index is 0.544. The van der Waals surface area contributed by atoms with Gasteiger partial charge in [0.2, 0.25) is 0 Å². The predicted molar refractivity (Wildman–Crippen MR) is 48.4 cm³/mol. The molecule has 1 saturated carbocycles. The largest absolute Gasteiger partial charge is 0.0878 e. The van der Waals surface area contributed by atoms with Crippen LogP contribution in [0.3, 0.4) is 0 Å². The fourth-order valence-electron chi connectivity index (χ4n) is 1.39. The highest BCUT2D eigenvalue weighted by Gasteiger charge is 2.35. The van der Waals surface area contributed by atoms with Gasteiger partial charge >= 0.3 is 0 Å². The maximum absolute atomic E-state index is 3.63. The van der Waals surface area contributed by atoms with Crippen LogP contribution >= 0.6 is 31.9 Å². The van der Waals surface area contributed by atoms with E-state index < -0.39 is 0 Å². The van der Waals surface area contributed by atoms with Crippen LogP contribution in [0.15, 0.2) is 0 Å². The molecule has 0 amide bonds. The van der Waals surface area contributed by atoms with E-state index in [9.17, 15) is 0 Å². The molecule has 0 spiro atoms. The molecule has 1 rings (SSSR count). The lowest BCUT2D eigenvalue weighted by Crippen LogP contribution is -2.04. The second kappa shape index (κ2) is 2.54. The first-order valence-corrected chi connectivity index (χ1v) is 5.12. The first-order valence-electron chi connectivity index (χ1n) is 3.29. The van der Waals surface area contributed by atoms with Gasteiger partial charge in [0.25, 0.3) is 0 Å². The minimum Gasteiger partial charge on any atom is -0.0878 e. The molecule has 0 saturated heterocycles. The van der Waals surface area contributed by atoms with Crippen LogP contribution in [0.25, 0.3) is 0 Å². The van der Waals surface area contributed by atoms with Crippen molar-refractivity contribution in [1.82, 2.24) is 0 Å². The lowest BCUT2D eigenvalue weighted by Gasteiger charge is -2.14. The molecule has 54 valence electrons. The Labute approximate surface area is 73.7 Å². The van der Waals surface area contributed by atoms with Crippen LogP contribution < -0.4 is 0 Å². The Kier molecular flexibility index (Phi) is 2.27. The molecule has 0 bridgehead atoms. The molecule has 0 aliphatic heterocycles. The first-order chi connectivity index (χ1) is 4.01. The number of hydrogen-bond donors (Lipinski definition) is 0. The summed E-state index contributed by atoms with van der Waals surface area (Å²) in [5.41, 5.74) is 0.544. The second-order valence-corrected chi connectivity index (χ2v) is 5.96. The van der Waals surface area contributed by atoms with Gasteiger partial charge in [0, 0.05) is 9.65 Å².